The molecule has 2 rings (SSSR count). The van der Waals surface area contributed by atoms with Crippen LogP contribution in [0.4, 0.5) is 0 Å². The first-order valence-corrected chi connectivity index (χ1v) is 6.94. The molecule has 1 aliphatic heterocycles. The fraction of sp³-hybridized carbons (Fsp3) is 0.562. The summed E-state index contributed by atoms with van der Waals surface area (Å²) in [5, 5.41) is 9.50. The van der Waals surface area contributed by atoms with E-state index in [4.69, 9.17) is 4.74 Å². The summed E-state index contributed by atoms with van der Waals surface area (Å²) >= 11 is 0. The van der Waals surface area contributed by atoms with Crippen molar-refractivity contribution in [1.82, 2.24) is 4.90 Å². The summed E-state index contributed by atoms with van der Waals surface area (Å²) in [7, 11) is 1.63. The lowest BCUT2D eigenvalue weighted by molar-refractivity contribution is -0.141. The largest absolute Gasteiger partial charge is 0.497 e. The van der Waals surface area contributed by atoms with Crippen LogP contribution in [0.1, 0.15) is 32.3 Å². The van der Waals surface area contributed by atoms with Gasteiger partial charge in [-0.1, -0.05) is 12.1 Å². The van der Waals surface area contributed by atoms with Gasteiger partial charge >= 0.3 is 5.97 Å². The van der Waals surface area contributed by atoms with E-state index in [1.807, 2.05) is 24.3 Å². The Labute approximate surface area is 120 Å². The van der Waals surface area contributed by atoms with Crippen molar-refractivity contribution in [2.75, 3.05) is 20.2 Å². The molecule has 2 atom stereocenters. The van der Waals surface area contributed by atoms with Gasteiger partial charge in [-0.05, 0) is 38.5 Å². The Hall–Kier alpha value is -1.55. The van der Waals surface area contributed by atoms with Crippen LogP contribution in [-0.2, 0) is 4.79 Å². The quantitative estimate of drug-likeness (QED) is 0.922. The fourth-order valence-electron chi connectivity index (χ4n) is 2.81. The molecule has 1 saturated heterocycles. The maximum atomic E-state index is 11.6. The lowest BCUT2D eigenvalue weighted by Crippen LogP contribution is -2.40. The number of benzene rings is 1. The minimum atomic E-state index is -0.718. The molecule has 1 aromatic carbocycles. The van der Waals surface area contributed by atoms with Gasteiger partial charge in [0.1, 0.15) is 5.75 Å². The fourth-order valence-corrected chi connectivity index (χ4v) is 2.81. The Morgan fingerprint density at radius 2 is 2.05 bits per heavy atom. The molecule has 0 amide bonds. The highest BCUT2D eigenvalue weighted by molar-refractivity contribution is 5.72. The van der Waals surface area contributed by atoms with Crippen molar-refractivity contribution in [2.24, 2.45) is 5.92 Å². The molecule has 0 spiro atoms. The van der Waals surface area contributed by atoms with Crippen LogP contribution in [0.5, 0.6) is 5.75 Å². The van der Waals surface area contributed by atoms with Crippen molar-refractivity contribution in [3.05, 3.63) is 29.8 Å². The number of hydrogen-bond acceptors (Lipinski definition) is 3. The van der Waals surface area contributed by atoms with Gasteiger partial charge in [-0.15, -0.1) is 0 Å². The second-order valence-corrected chi connectivity index (χ2v) is 6.40. The van der Waals surface area contributed by atoms with Crippen LogP contribution < -0.4 is 4.74 Å². The van der Waals surface area contributed by atoms with Crippen LogP contribution in [0, 0.1) is 5.92 Å². The second kappa shape index (κ2) is 5.44. The second-order valence-electron chi connectivity index (χ2n) is 6.40. The van der Waals surface area contributed by atoms with Gasteiger partial charge in [0.05, 0.1) is 13.0 Å². The standard InChI is InChI=1S/C16H23NO3/c1-16(2,3)17-9-13(14(10-17)15(18)19)11-6-5-7-12(8-11)20-4/h5-8,13-14H,9-10H2,1-4H3,(H,18,19)/t13-,14+/m1/s1. The normalized spacial score (nSPS) is 23.8. The van der Waals surface area contributed by atoms with Gasteiger partial charge in [0.15, 0.2) is 0 Å². The zero-order valence-corrected chi connectivity index (χ0v) is 12.6. The van der Waals surface area contributed by atoms with E-state index in [2.05, 4.69) is 25.7 Å². The van der Waals surface area contributed by atoms with Crippen molar-refractivity contribution in [3.8, 4) is 5.75 Å². The third-order valence-electron chi connectivity index (χ3n) is 4.11. The molecule has 1 fully saturated rings. The van der Waals surface area contributed by atoms with Crippen molar-refractivity contribution in [3.63, 3.8) is 0 Å². The average molecular weight is 277 g/mol. The third-order valence-corrected chi connectivity index (χ3v) is 4.11. The molecule has 0 aliphatic carbocycles. The summed E-state index contributed by atoms with van der Waals surface area (Å²) in [6.07, 6.45) is 0. The number of carbonyl (C=O) groups is 1. The van der Waals surface area contributed by atoms with Crippen molar-refractivity contribution >= 4 is 5.97 Å². The Morgan fingerprint density at radius 3 is 2.60 bits per heavy atom. The number of methoxy groups -OCH3 is 1. The molecule has 20 heavy (non-hydrogen) atoms. The van der Waals surface area contributed by atoms with Crippen LogP contribution in [0.15, 0.2) is 24.3 Å². The number of carboxylic acids is 1. The molecule has 0 bridgehead atoms. The molecular weight excluding hydrogens is 254 g/mol. The molecule has 1 aromatic rings. The molecule has 4 nitrogen and oxygen atoms in total. The maximum absolute atomic E-state index is 11.6. The predicted molar refractivity (Wildman–Crippen MR) is 78.2 cm³/mol. The number of nitrogens with zero attached hydrogens (tertiary/aromatic N) is 1. The summed E-state index contributed by atoms with van der Waals surface area (Å²) < 4.78 is 5.24. The Kier molecular flexibility index (Phi) is 4.04. The molecule has 1 N–H and O–H groups in total. The smallest absolute Gasteiger partial charge is 0.308 e. The van der Waals surface area contributed by atoms with Crippen LogP contribution in [0.2, 0.25) is 0 Å². The Balaban J connectivity index is 2.30. The maximum Gasteiger partial charge on any atom is 0.308 e. The summed E-state index contributed by atoms with van der Waals surface area (Å²) in [4.78, 5) is 13.8. The number of carboxylic acid groups (broad SMARTS) is 1. The van der Waals surface area contributed by atoms with Gasteiger partial charge in [0.25, 0.3) is 0 Å². The number of rotatable bonds is 3. The van der Waals surface area contributed by atoms with E-state index in [9.17, 15) is 9.90 Å². The lowest BCUT2D eigenvalue weighted by atomic mass is 9.89. The molecule has 0 unspecified atom stereocenters. The summed E-state index contributed by atoms with van der Waals surface area (Å²) in [5.74, 6) is -0.284. The molecule has 1 aliphatic rings. The molecule has 0 aromatic heterocycles. The topological polar surface area (TPSA) is 49.8 Å². The molecule has 0 saturated carbocycles. The first kappa shape index (κ1) is 14.9. The average Bonchev–Trinajstić information content (AvgIpc) is 2.84. The summed E-state index contributed by atoms with van der Waals surface area (Å²) in [6.45, 7) is 7.74. The molecule has 1 heterocycles. The molecule has 4 heteroatoms. The number of hydrogen-bond donors (Lipinski definition) is 1. The first-order valence-electron chi connectivity index (χ1n) is 6.94. The minimum Gasteiger partial charge on any atom is -0.497 e. The van der Waals surface area contributed by atoms with Crippen molar-refractivity contribution < 1.29 is 14.6 Å². The zero-order valence-electron chi connectivity index (χ0n) is 12.6. The molecule has 0 radical (unpaired) electrons. The molecule has 110 valence electrons. The van der Waals surface area contributed by atoms with E-state index >= 15 is 0 Å². The highest BCUT2D eigenvalue weighted by atomic mass is 16.5. The van der Waals surface area contributed by atoms with Crippen molar-refractivity contribution in [2.45, 2.75) is 32.2 Å². The predicted octanol–water partition coefficient (Wildman–Crippen LogP) is 2.59. The van der Waals surface area contributed by atoms with Crippen LogP contribution >= 0.6 is 0 Å². The third kappa shape index (κ3) is 2.96. The van der Waals surface area contributed by atoms with Gasteiger partial charge in [0, 0.05) is 24.5 Å². The van der Waals surface area contributed by atoms with Crippen LogP contribution in [0.25, 0.3) is 0 Å². The van der Waals surface area contributed by atoms with E-state index in [1.54, 1.807) is 7.11 Å². The Bertz CT molecular complexity index is 493. The first-order chi connectivity index (χ1) is 9.32. The highest BCUT2D eigenvalue weighted by Crippen LogP contribution is 2.37. The van der Waals surface area contributed by atoms with Gasteiger partial charge < -0.3 is 9.84 Å². The monoisotopic (exact) mass is 277 g/mol. The summed E-state index contributed by atoms with van der Waals surface area (Å²) in [6, 6.07) is 7.75. The van der Waals surface area contributed by atoms with E-state index in [0.717, 1.165) is 17.9 Å². The van der Waals surface area contributed by atoms with E-state index < -0.39 is 5.97 Å². The summed E-state index contributed by atoms with van der Waals surface area (Å²) in [5.41, 5.74) is 1.03. The van der Waals surface area contributed by atoms with E-state index in [1.165, 1.54) is 0 Å². The number of ether oxygens (including phenoxy) is 1. The van der Waals surface area contributed by atoms with Gasteiger partial charge in [0.2, 0.25) is 0 Å². The van der Waals surface area contributed by atoms with E-state index in [-0.39, 0.29) is 17.4 Å². The van der Waals surface area contributed by atoms with Gasteiger partial charge in [-0.2, -0.15) is 0 Å². The van der Waals surface area contributed by atoms with Gasteiger partial charge in [-0.3, -0.25) is 9.69 Å². The van der Waals surface area contributed by atoms with Crippen LogP contribution in [0.3, 0.4) is 0 Å². The lowest BCUT2D eigenvalue weighted by Gasteiger charge is -2.31. The number of aliphatic carboxylic acids is 1. The highest BCUT2D eigenvalue weighted by Gasteiger charge is 2.42. The number of likely N-dealkylation sites (tertiary alicyclic amines) is 1. The van der Waals surface area contributed by atoms with Crippen molar-refractivity contribution in [1.29, 1.82) is 0 Å². The zero-order chi connectivity index (χ0) is 14.9. The van der Waals surface area contributed by atoms with E-state index in [0.29, 0.717) is 6.54 Å². The van der Waals surface area contributed by atoms with Gasteiger partial charge in [-0.25, -0.2) is 0 Å². The molecular formula is C16H23NO3. The Morgan fingerprint density at radius 1 is 1.35 bits per heavy atom. The SMILES string of the molecule is COc1cccc([C@H]2CN(C(C)(C)C)C[C@@H]2C(=O)O)c1. The van der Waals surface area contributed by atoms with Crippen LogP contribution in [-0.4, -0.2) is 41.7 Å². The minimum absolute atomic E-state index is 0.0126.